The molecule has 1 aliphatic rings. The lowest BCUT2D eigenvalue weighted by Crippen LogP contribution is -2.32. The first kappa shape index (κ1) is 11.5. The van der Waals surface area contributed by atoms with E-state index in [2.05, 4.69) is 0 Å². The minimum Gasteiger partial charge on any atom is -0.494 e. The van der Waals surface area contributed by atoms with E-state index in [0.29, 0.717) is 31.8 Å². The number of rotatable bonds is 6. The van der Waals surface area contributed by atoms with E-state index in [1.165, 1.54) is 7.11 Å². The summed E-state index contributed by atoms with van der Waals surface area (Å²) in [6, 6.07) is 0. The summed E-state index contributed by atoms with van der Waals surface area (Å²) >= 11 is 0. The highest BCUT2D eigenvalue weighted by Crippen LogP contribution is 2.31. The summed E-state index contributed by atoms with van der Waals surface area (Å²) in [5, 5.41) is 0. The molecule has 14 heavy (non-hydrogen) atoms. The van der Waals surface area contributed by atoms with E-state index in [4.69, 9.17) is 15.2 Å². The first-order valence-corrected chi connectivity index (χ1v) is 4.94. The summed E-state index contributed by atoms with van der Waals surface area (Å²) in [6.45, 7) is 1.11. The van der Waals surface area contributed by atoms with Crippen LogP contribution in [0.5, 0.6) is 0 Å². The van der Waals surface area contributed by atoms with E-state index in [9.17, 15) is 4.39 Å². The SMILES string of the molecule is COCC(F)(CCCN)C1=CCCO1. The molecule has 4 heteroatoms. The molecule has 0 amide bonds. The second-order valence-corrected chi connectivity index (χ2v) is 3.50. The van der Waals surface area contributed by atoms with E-state index in [0.717, 1.165) is 6.42 Å². The predicted octanol–water partition coefficient (Wildman–Crippen LogP) is 1.38. The molecule has 0 bridgehead atoms. The topological polar surface area (TPSA) is 44.5 Å². The van der Waals surface area contributed by atoms with Crippen molar-refractivity contribution in [1.29, 1.82) is 0 Å². The Balaban J connectivity index is 2.59. The summed E-state index contributed by atoms with van der Waals surface area (Å²) in [6.07, 6.45) is 3.59. The molecule has 1 atom stereocenters. The quantitative estimate of drug-likeness (QED) is 0.709. The van der Waals surface area contributed by atoms with Gasteiger partial charge < -0.3 is 15.2 Å². The van der Waals surface area contributed by atoms with Gasteiger partial charge in [-0.25, -0.2) is 4.39 Å². The van der Waals surface area contributed by atoms with Gasteiger partial charge in [-0.1, -0.05) is 0 Å². The molecule has 3 nitrogen and oxygen atoms in total. The number of nitrogens with two attached hydrogens (primary N) is 1. The van der Waals surface area contributed by atoms with Crippen LogP contribution in [0.4, 0.5) is 4.39 Å². The summed E-state index contributed by atoms with van der Waals surface area (Å²) in [5.41, 5.74) is 3.88. The standard InChI is InChI=1S/C10H18FNO2/c1-13-8-10(11,5-3-6-12)9-4-2-7-14-9/h4H,2-3,5-8,12H2,1H3. The molecule has 0 saturated carbocycles. The van der Waals surface area contributed by atoms with Crippen LogP contribution in [-0.4, -0.2) is 32.5 Å². The van der Waals surface area contributed by atoms with Crippen LogP contribution in [0.25, 0.3) is 0 Å². The Labute approximate surface area is 84.1 Å². The number of methoxy groups -OCH3 is 1. The summed E-state index contributed by atoms with van der Waals surface area (Å²) < 4.78 is 24.4. The third-order valence-electron chi connectivity index (χ3n) is 2.30. The van der Waals surface area contributed by atoms with Crippen LogP contribution in [-0.2, 0) is 9.47 Å². The van der Waals surface area contributed by atoms with Crippen molar-refractivity contribution >= 4 is 0 Å². The molecule has 0 aromatic heterocycles. The molecule has 1 unspecified atom stereocenters. The van der Waals surface area contributed by atoms with Gasteiger partial charge in [0.2, 0.25) is 0 Å². The van der Waals surface area contributed by atoms with Crippen molar-refractivity contribution in [2.24, 2.45) is 5.73 Å². The first-order valence-electron chi connectivity index (χ1n) is 4.94. The Hall–Kier alpha value is -0.610. The van der Waals surface area contributed by atoms with Gasteiger partial charge in [0, 0.05) is 13.5 Å². The number of ether oxygens (including phenoxy) is 2. The molecule has 0 aromatic rings. The third-order valence-corrected chi connectivity index (χ3v) is 2.30. The maximum atomic E-state index is 14.3. The molecule has 0 saturated heterocycles. The summed E-state index contributed by atoms with van der Waals surface area (Å²) in [7, 11) is 1.49. The fourth-order valence-electron chi connectivity index (χ4n) is 1.61. The Morgan fingerprint density at radius 1 is 1.71 bits per heavy atom. The van der Waals surface area contributed by atoms with Gasteiger partial charge in [0.05, 0.1) is 13.2 Å². The van der Waals surface area contributed by atoms with Gasteiger partial charge in [-0.05, 0) is 25.5 Å². The van der Waals surface area contributed by atoms with Crippen molar-refractivity contribution in [2.45, 2.75) is 24.9 Å². The molecule has 0 aromatic carbocycles. The molecule has 0 radical (unpaired) electrons. The zero-order chi connectivity index (χ0) is 10.4. The molecule has 2 N–H and O–H groups in total. The van der Waals surface area contributed by atoms with E-state index >= 15 is 0 Å². The van der Waals surface area contributed by atoms with Crippen LogP contribution in [0.2, 0.25) is 0 Å². The van der Waals surface area contributed by atoms with Gasteiger partial charge in [0.1, 0.15) is 5.76 Å². The van der Waals surface area contributed by atoms with E-state index < -0.39 is 5.67 Å². The van der Waals surface area contributed by atoms with Crippen LogP contribution in [0.15, 0.2) is 11.8 Å². The van der Waals surface area contributed by atoms with Gasteiger partial charge in [0.25, 0.3) is 0 Å². The van der Waals surface area contributed by atoms with E-state index in [1.54, 1.807) is 6.08 Å². The molecule has 82 valence electrons. The second kappa shape index (κ2) is 5.32. The summed E-state index contributed by atoms with van der Waals surface area (Å²) in [5.74, 6) is 0.424. The summed E-state index contributed by atoms with van der Waals surface area (Å²) in [4.78, 5) is 0. The van der Waals surface area contributed by atoms with Crippen molar-refractivity contribution in [3.63, 3.8) is 0 Å². The van der Waals surface area contributed by atoms with Crippen LogP contribution < -0.4 is 5.73 Å². The minimum absolute atomic E-state index is 0.0405. The lowest BCUT2D eigenvalue weighted by atomic mass is 9.98. The minimum atomic E-state index is -1.48. The molecule has 0 aliphatic carbocycles. The van der Waals surface area contributed by atoms with Crippen molar-refractivity contribution in [2.75, 3.05) is 26.9 Å². The molecule has 1 heterocycles. The van der Waals surface area contributed by atoms with E-state index in [1.807, 2.05) is 0 Å². The fraction of sp³-hybridized carbons (Fsp3) is 0.800. The Morgan fingerprint density at radius 2 is 2.50 bits per heavy atom. The third kappa shape index (κ3) is 2.69. The Bertz CT molecular complexity index is 208. The van der Waals surface area contributed by atoms with Gasteiger partial charge in [-0.15, -0.1) is 0 Å². The maximum absolute atomic E-state index is 14.3. The van der Waals surface area contributed by atoms with Crippen molar-refractivity contribution in [3.8, 4) is 0 Å². The van der Waals surface area contributed by atoms with Crippen LogP contribution >= 0.6 is 0 Å². The smallest absolute Gasteiger partial charge is 0.190 e. The van der Waals surface area contributed by atoms with Gasteiger partial charge in [-0.3, -0.25) is 0 Å². The van der Waals surface area contributed by atoms with Gasteiger partial charge >= 0.3 is 0 Å². The average molecular weight is 203 g/mol. The van der Waals surface area contributed by atoms with Gasteiger partial charge in [0.15, 0.2) is 5.67 Å². The highest BCUT2D eigenvalue weighted by molar-refractivity contribution is 5.13. The van der Waals surface area contributed by atoms with Crippen molar-refractivity contribution in [3.05, 3.63) is 11.8 Å². The van der Waals surface area contributed by atoms with Gasteiger partial charge in [-0.2, -0.15) is 0 Å². The molecule has 1 rings (SSSR count). The highest BCUT2D eigenvalue weighted by Gasteiger charge is 2.36. The second-order valence-electron chi connectivity index (χ2n) is 3.50. The van der Waals surface area contributed by atoms with Crippen molar-refractivity contribution in [1.82, 2.24) is 0 Å². The fourth-order valence-corrected chi connectivity index (χ4v) is 1.61. The van der Waals surface area contributed by atoms with Crippen molar-refractivity contribution < 1.29 is 13.9 Å². The largest absolute Gasteiger partial charge is 0.494 e. The lowest BCUT2D eigenvalue weighted by Gasteiger charge is -2.25. The maximum Gasteiger partial charge on any atom is 0.190 e. The normalized spacial score (nSPS) is 20.1. The molecule has 0 spiro atoms. The number of hydrogen-bond acceptors (Lipinski definition) is 3. The highest BCUT2D eigenvalue weighted by atomic mass is 19.1. The Morgan fingerprint density at radius 3 is 3.00 bits per heavy atom. The lowest BCUT2D eigenvalue weighted by molar-refractivity contribution is 0.0178. The number of hydrogen-bond donors (Lipinski definition) is 1. The van der Waals surface area contributed by atoms with E-state index in [-0.39, 0.29) is 6.61 Å². The van der Waals surface area contributed by atoms with Crippen LogP contribution in [0.3, 0.4) is 0 Å². The molecule has 0 fully saturated rings. The predicted molar refractivity (Wildman–Crippen MR) is 52.7 cm³/mol. The monoisotopic (exact) mass is 203 g/mol. The number of halogens is 1. The first-order chi connectivity index (χ1) is 6.73. The molecular weight excluding hydrogens is 185 g/mol. The zero-order valence-corrected chi connectivity index (χ0v) is 8.59. The molecule has 1 aliphatic heterocycles. The number of alkyl halides is 1. The van der Waals surface area contributed by atoms with Crippen LogP contribution in [0, 0.1) is 0 Å². The molecular formula is C10H18FNO2. The zero-order valence-electron chi connectivity index (χ0n) is 8.59. The Kier molecular flexibility index (Phi) is 4.35. The average Bonchev–Trinajstić information content (AvgIpc) is 2.68. The van der Waals surface area contributed by atoms with Crippen LogP contribution in [0.1, 0.15) is 19.3 Å².